The van der Waals surface area contributed by atoms with Crippen molar-refractivity contribution < 1.29 is 33.3 Å². The van der Waals surface area contributed by atoms with Gasteiger partial charge in [0.2, 0.25) is 0 Å². The highest BCUT2D eigenvalue weighted by molar-refractivity contribution is 6.08. The van der Waals surface area contributed by atoms with Gasteiger partial charge in [-0.3, -0.25) is 14.4 Å². The Morgan fingerprint density at radius 1 is 0.600 bits per heavy atom. The lowest BCUT2D eigenvalue weighted by atomic mass is 10.1. The van der Waals surface area contributed by atoms with Crippen LogP contribution in [0.3, 0.4) is 0 Å². The molecule has 0 aromatic heterocycles. The zero-order valence-corrected chi connectivity index (χ0v) is 37.4. The number of nitrogen functional groups attached to an aromatic ring is 1. The lowest BCUT2D eigenvalue weighted by molar-refractivity contribution is 0.0751. The number of hydrogen-bond donors (Lipinski definition) is 3. The number of nitrogens with zero attached hydrogens (tertiary/aromatic N) is 1. The minimum Gasteiger partial charge on any atom is -0.495 e. The van der Waals surface area contributed by atoms with Gasteiger partial charge in [-0.05, 0) is 128 Å². The number of nitrogens with two attached hydrogens (primary N) is 1. The topological polar surface area (TPSA) is 141 Å². The Morgan fingerprint density at radius 2 is 1.20 bits per heavy atom. The highest BCUT2D eigenvalue weighted by Gasteiger charge is 2.21. The van der Waals surface area contributed by atoms with Crippen molar-refractivity contribution in [3.8, 4) is 23.0 Å². The zero-order valence-electron chi connectivity index (χ0n) is 37.4. The lowest BCUT2D eigenvalue weighted by Gasteiger charge is -2.22. The fraction of sp³-hybridized carbons (Fsp3) is 0.204. The van der Waals surface area contributed by atoms with Crippen molar-refractivity contribution in [2.75, 3.05) is 36.6 Å². The second-order valence-electron chi connectivity index (χ2n) is 16.5. The summed E-state index contributed by atoms with van der Waals surface area (Å²) in [5, 5.41) is 8.08. The van der Waals surface area contributed by atoms with E-state index >= 15 is 0 Å². The molecule has 11 heteroatoms. The number of amides is 3. The number of anilines is 3. The molecule has 332 valence electrons. The minimum atomic E-state index is -0.453. The Labute approximate surface area is 380 Å². The molecule has 7 aromatic carbocycles. The molecule has 0 radical (unpaired) electrons. The maximum absolute atomic E-state index is 14.0. The first-order valence-electron chi connectivity index (χ1n) is 21.5. The van der Waals surface area contributed by atoms with Gasteiger partial charge in [0, 0.05) is 36.2 Å². The van der Waals surface area contributed by atoms with Crippen LogP contribution in [0.2, 0.25) is 0 Å². The van der Waals surface area contributed by atoms with Crippen molar-refractivity contribution in [2.24, 2.45) is 0 Å². The fourth-order valence-corrected chi connectivity index (χ4v) is 7.16. The quantitative estimate of drug-likeness (QED) is 0.0768. The average Bonchev–Trinajstić information content (AvgIpc) is 3.31. The van der Waals surface area contributed by atoms with E-state index in [1.165, 1.54) is 7.11 Å². The van der Waals surface area contributed by atoms with E-state index in [2.05, 4.69) is 34.9 Å². The first-order valence-corrected chi connectivity index (χ1v) is 21.5. The Balaban J connectivity index is 1.02. The molecular formula is C54H54N4O7. The summed E-state index contributed by atoms with van der Waals surface area (Å²) in [6, 6.07) is 46.4. The van der Waals surface area contributed by atoms with Crippen LogP contribution >= 0.6 is 0 Å². The molecule has 7 rings (SSSR count). The molecule has 0 aliphatic carbocycles. The van der Waals surface area contributed by atoms with Gasteiger partial charge in [0.1, 0.15) is 35.2 Å². The number of benzene rings is 7. The van der Waals surface area contributed by atoms with Crippen LogP contribution in [-0.2, 0) is 19.6 Å². The standard InChI is InChI=1S/C54H54N4O7/c1-6-58(34-38-16-19-39-14-10-11-15-40(39)30-38)53(61)43-22-27-47(50(33-43)64-35-37-12-8-7-9-13-37)57-52(60)42-21-26-46(49(32-42)62-5)56-51(59)41-20-25-45(55)48(31-41)63-29-28-36-17-23-44(24-18-36)65-54(2,3)4/h7-27,30-33H,6,28-29,34-35,55H2,1-5H3,(H,56,59)(H,57,60). The summed E-state index contributed by atoms with van der Waals surface area (Å²) in [4.78, 5) is 43.1. The third-order valence-corrected chi connectivity index (χ3v) is 10.6. The predicted octanol–water partition coefficient (Wildman–Crippen LogP) is 11.0. The number of hydrogen-bond acceptors (Lipinski definition) is 8. The van der Waals surface area contributed by atoms with E-state index in [-0.39, 0.29) is 29.4 Å². The number of methoxy groups -OCH3 is 1. The van der Waals surface area contributed by atoms with Crippen molar-refractivity contribution in [3.05, 3.63) is 185 Å². The predicted molar refractivity (Wildman–Crippen MR) is 257 cm³/mol. The summed E-state index contributed by atoms with van der Waals surface area (Å²) in [6.45, 7) is 9.43. The van der Waals surface area contributed by atoms with Crippen molar-refractivity contribution in [1.82, 2.24) is 4.90 Å². The van der Waals surface area contributed by atoms with E-state index in [1.807, 2.05) is 100 Å². The molecule has 4 N–H and O–H groups in total. The van der Waals surface area contributed by atoms with Crippen molar-refractivity contribution >= 4 is 45.6 Å². The van der Waals surface area contributed by atoms with E-state index in [9.17, 15) is 14.4 Å². The fourth-order valence-electron chi connectivity index (χ4n) is 7.16. The number of nitrogens with one attached hydrogen (secondary N) is 2. The van der Waals surface area contributed by atoms with Gasteiger partial charge in [-0.15, -0.1) is 0 Å². The summed E-state index contributed by atoms with van der Waals surface area (Å²) in [6.07, 6.45) is 0.626. The summed E-state index contributed by atoms with van der Waals surface area (Å²) in [5.74, 6) is 0.736. The second-order valence-corrected chi connectivity index (χ2v) is 16.5. The highest BCUT2D eigenvalue weighted by Crippen LogP contribution is 2.32. The summed E-state index contributed by atoms with van der Waals surface area (Å²) < 4.78 is 23.8. The summed E-state index contributed by atoms with van der Waals surface area (Å²) in [5.41, 5.74) is 11.1. The van der Waals surface area contributed by atoms with E-state index in [0.29, 0.717) is 65.8 Å². The maximum atomic E-state index is 14.0. The molecule has 11 nitrogen and oxygen atoms in total. The molecule has 0 spiro atoms. The largest absolute Gasteiger partial charge is 0.495 e. The molecule has 0 aliphatic heterocycles. The number of carbonyl (C=O) groups is 3. The lowest BCUT2D eigenvalue weighted by Crippen LogP contribution is -2.30. The molecule has 0 saturated heterocycles. The highest BCUT2D eigenvalue weighted by atomic mass is 16.5. The van der Waals surface area contributed by atoms with E-state index in [0.717, 1.165) is 33.2 Å². The Kier molecular flexibility index (Phi) is 14.3. The van der Waals surface area contributed by atoms with Crippen LogP contribution in [0.1, 0.15) is 75.5 Å². The van der Waals surface area contributed by atoms with Crippen molar-refractivity contribution in [3.63, 3.8) is 0 Å². The first-order chi connectivity index (χ1) is 31.3. The van der Waals surface area contributed by atoms with Crippen LogP contribution in [0, 0.1) is 0 Å². The number of fused-ring (bicyclic) bond motifs is 1. The van der Waals surface area contributed by atoms with Gasteiger partial charge in [-0.1, -0.05) is 78.9 Å². The molecule has 0 unspecified atom stereocenters. The Morgan fingerprint density at radius 3 is 1.88 bits per heavy atom. The van der Waals surface area contributed by atoms with Crippen molar-refractivity contribution in [2.45, 2.75) is 52.9 Å². The van der Waals surface area contributed by atoms with Crippen LogP contribution in [0.25, 0.3) is 10.8 Å². The third kappa shape index (κ3) is 12.0. The van der Waals surface area contributed by atoms with Crippen molar-refractivity contribution in [1.29, 1.82) is 0 Å². The molecule has 0 saturated carbocycles. The third-order valence-electron chi connectivity index (χ3n) is 10.6. The van der Waals surface area contributed by atoms with Gasteiger partial charge in [-0.2, -0.15) is 0 Å². The molecule has 0 atom stereocenters. The smallest absolute Gasteiger partial charge is 0.255 e. The van der Waals surface area contributed by atoms with E-state index in [4.69, 9.17) is 24.7 Å². The van der Waals surface area contributed by atoms with Crippen LogP contribution in [0.15, 0.2) is 152 Å². The maximum Gasteiger partial charge on any atom is 0.255 e. The van der Waals surface area contributed by atoms with Crippen LogP contribution in [0.4, 0.5) is 17.1 Å². The van der Waals surface area contributed by atoms with Gasteiger partial charge in [0.05, 0.1) is 30.8 Å². The zero-order chi connectivity index (χ0) is 45.9. The van der Waals surface area contributed by atoms with Crippen LogP contribution in [-0.4, -0.2) is 48.5 Å². The SMILES string of the molecule is CCN(Cc1ccc2ccccc2c1)C(=O)c1ccc(NC(=O)c2ccc(NC(=O)c3ccc(N)c(OCCc4ccc(OC(C)(C)C)cc4)c3)c(OC)c2)c(OCc2ccccc2)c1. The van der Waals surface area contributed by atoms with Crippen LogP contribution < -0.4 is 35.3 Å². The summed E-state index contributed by atoms with van der Waals surface area (Å²) >= 11 is 0. The number of rotatable bonds is 17. The second kappa shape index (κ2) is 20.6. The monoisotopic (exact) mass is 870 g/mol. The Bertz CT molecular complexity index is 2780. The minimum absolute atomic E-state index is 0.169. The van der Waals surface area contributed by atoms with Gasteiger partial charge >= 0.3 is 0 Å². The molecule has 3 amide bonds. The molecule has 0 heterocycles. The number of ether oxygens (including phenoxy) is 4. The molecule has 65 heavy (non-hydrogen) atoms. The molecule has 7 aromatic rings. The molecule has 0 bridgehead atoms. The molecule has 0 aliphatic rings. The van der Waals surface area contributed by atoms with Crippen LogP contribution in [0.5, 0.6) is 23.0 Å². The normalized spacial score (nSPS) is 11.1. The molecular weight excluding hydrogens is 817 g/mol. The van der Waals surface area contributed by atoms with Gasteiger partial charge in [0.15, 0.2) is 0 Å². The number of carbonyl (C=O) groups excluding carboxylic acids is 3. The first kappa shape index (κ1) is 45.2. The van der Waals surface area contributed by atoms with E-state index in [1.54, 1.807) is 59.5 Å². The van der Waals surface area contributed by atoms with Gasteiger partial charge in [-0.25, -0.2) is 0 Å². The Hall–Kier alpha value is -7.79. The molecule has 0 fully saturated rings. The van der Waals surface area contributed by atoms with Gasteiger partial charge < -0.3 is 40.2 Å². The van der Waals surface area contributed by atoms with E-state index < -0.39 is 11.8 Å². The average molecular weight is 871 g/mol. The van der Waals surface area contributed by atoms with Gasteiger partial charge in [0.25, 0.3) is 17.7 Å². The summed E-state index contributed by atoms with van der Waals surface area (Å²) in [7, 11) is 1.46.